The Kier molecular flexibility index (Phi) is 1.93. The number of hydrogen-bond donors (Lipinski definition) is 0. The zero-order valence-corrected chi connectivity index (χ0v) is 7.58. The van der Waals surface area contributed by atoms with Crippen LogP contribution in [-0.4, -0.2) is 7.11 Å². The van der Waals surface area contributed by atoms with Gasteiger partial charge in [0.25, 0.3) is 0 Å². The molecule has 0 spiro atoms. The maximum absolute atomic E-state index is 5.16. The number of benzene rings is 2. The Bertz CT molecular complexity index is 432. The van der Waals surface area contributed by atoms with Gasteiger partial charge in [0.05, 0.1) is 7.11 Å². The van der Waals surface area contributed by atoms with Crippen molar-refractivity contribution in [2.45, 2.75) is 0 Å². The molecule has 0 atom stereocenters. The minimum Gasteiger partial charge on any atom is -0.497 e. The number of fused-ring (bicyclic) bond motifs is 1. The largest absolute Gasteiger partial charge is 0.497 e. The molecule has 0 saturated carbocycles. The minimum absolute atomic E-state index is 0.865. The summed E-state index contributed by atoms with van der Waals surface area (Å²) in [6, 6.07) is 12.1. The van der Waals surface area contributed by atoms with E-state index in [0.29, 0.717) is 0 Å². The van der Waals surface area contributed by atoms with Gasteiger partial charge in [-0.05, 0) is 35.4 Å². The molecular weight excluding hydrogens is 160 g/mol. The van der Waals surface area contributed by atoms with Gasteiger partial charge in [-0.3, -0.25) is 0 Å². The fourth-order valence-electron chi connectivity index (χ4n) is 1.48. The van der Waals surface area contributed by atoms with E-state index in [1.54, 1.807) is 7.11 Å². The molecule has 13 heavy (non-hydrogen) atoms. The van der Waals surface area contributed by atoms with Crippen molar-refractivity contribution in [3.63, 3.8) is 0 Å². The number of hydrogen-bond acceptors (Lipinski definition) is 1. The summed E-state index contributed by atoms with van der Waals surface area (Å²) in [7, 11) is 1.67. The van der Waals surface area contributed by atoms with Crippen molar-refractivity contribution in [1.29, 1.82) is 0 Å². The van der Waals surface area contributed by atoms with Crippen molar-refractivity contribution in [1.82, 2.24) is 0 Å². The summed E-state index contributed by atoms with van der Waals surface area (Å²) < 4.78 is 5.16. The van der Waals surface area contributed by atoms with Gasteiger partial charge in [0.1, 0.15) is 5.75 Å². The first-order chi connectivity index (χ1) is 6.31. The molecule has 65 valence electrons. The molecule has 2 rings (SSSR count). The first-order valence-corrected chi connectivity index (χ1v) is 4.20. The zero-order chi connectivity index (χ0) is 9.26. The quantitative estimate of drug-likeness (QED) is 0.640. The molecular formula is C12H11O. The third kappa shape index (κ3) is 1.37. The van der Waals surface area contributed by atoms with Crippen molar-refractivity contribution in [3.05, 3.63) is 48.9 Å². The van der Waals surface area contributed by atoms with Gasteiger partial charge in [0, 0.05) is 0 Å². The normalized spacial score (nSPS) is 10.3. The molecule has 0 heterocycles. The van der Waals surface area contributed by atoms with Gasteiger partial charge >= 0.3 is 0 Å². The summed E-state index contributed by atoms with van der Waals surface area (Å²) in [4.78, 5) is 0. The van der Waals surface area contributed by atoms with E-state index in [1.807, 2.05) is 24.3 Å². The average Bonchev–Trinajstić information content (AvgIpc) is 2.18. The van der Waals surface area contributed by atoms with Gasteiger partial charge in [-0.1, -0.05) is 24.3 Å². The zero-order valence-electron chi connectivity index (χ0n) is 7.58. The van der Waals surface area contributed by atoms with Crippen LogP contribution >= 0.6 is 0 Å². The van der Waals surface area contributed by atoms with E-state index in [4.69, 9.17) is 4.74 Å². The van der Waals surface area contributed by atoms with E-state index in [1.165, 1.54) is 10.8 Å². The van der Waals surface area contributed by atoms with Crippen LogP contribution in [0.4, 0.5) is 0 Å². The van der Waals surface area contributed by atoms with Gasteiger partial charge in [-0.2, -0.15) is 0 Å². The highest BCUT2D eigenvalue weighted by atomic mass is 16.5. The van der Waals surface area contributed by atoms with Crippen LogP contribution in [0.15, 0.2) is 36.4 Å². The lowest BCUT2D eigenvalue weighted by molar-refractivity contribution is 0.415. The summed E-state index contributed by atoms with van der Waals surface area (Å²) >= 11 is 0. The Hall–Kier alpha value is -1.50. The minimum atomic E-state index is 0.865. The van der Waals surface area contributed by atoms with Gasteiger partial charge in [0.2, 0.25) is 0 Å². The standard InChI is InChI=1S/C12H11O/c1-9-7-11(13-2)8-10-5-3-4-6-12(9)10/h3-8H,1H2,2H3. The predicted octanol–water partition coefficient (Wildman–Crippen LogP) is 3.03. The van der Waals surface area contributed by atoms with Crippen molar-refractivity contribution in [3.8, 4) is 5.75 Å². The van der Waals surface area contributed by atoms with Gasteiger partial charge in [-0.15, -0.1) is 0 Å². The maximum Gasteiger partial charge on any atom is 0.119 e. The Morgan fingerprint density at radius 2 is 1.92 bits per heavy atom. The molecule has 0 bridgehead atoms. The maximum atomic E-state index is 5.16. The van der Waals surface area contributed by atoms with E-state index in [2.05, 4.69) is 19.1 Å². The van der Waals surface area contributed by atoms with Crippen LogP contribution in [0.1, 0.15) is 5.56 Å². The van der Waals surface area contributed by atoms with Gasteiger partial charge < -0.3 is 4.74 Å². The van der Waals surface area contributed by atoms with Crippen LogP contribution in [0.25, 0.3) is 10.8 Å². The van der Waals surface area contributed by atoms with Crippen LogP contribution in [0, 0.1) is 6.92 Å². The molecule has 1 heteroatoms. The molecule has 1 radical (unpaired) electrons. The summed E-state index contributed by atoms with van der Waals surface area (Å²) in [5.41, 5.74) is 1.01. The average molecular weight is 171 g/mol. The first kappa shape index (κ1) is 8.11. The topological polar surface area (TPSA) is 9.23 Å². The van der Waals surface area contributed by atoms with Crippen molar-refractivity contribution >= 4 is 10.8 Å². The Labute approximate surface area is 78.0 Å². The molecule has 0 N–H and O–H groups in total. The molecule has 0 aliphatic carbocycles. The number of rotatable bonds is 1. The first-order valence-electron chi connectivity index (χ1n) is 4.20. The Balaban J connectivity index is 2.77. The van der Waals surface area contributed by atoms with Crippen molar-refractivity contribution < 1.29 is 4.74 Å². The van der Waals surface area contributed by atoms with Crippen LogP contribution in [-0.2, 0) is 0 Å². The highest BCUT2D eigenvalue weighted by Gasteiger charge is 1.99. The molecule has 0 aliphatic rings. The SMILES string of the molecule is [CH2]c1cc(OC)cc2ccccc12. The highest BCUT2D eigenvalue weighted by Crippen LogP contribution is 2.24. The van der Waals surface area contributed by atoms with Crippen molar-refractivity contribution in [2.75, 3.05) is 7.11 Å². The monoisotopic (exact) mass is 171 g/mol. The lowest BCUT2D eigenvalue weighted by Gasteiger charge is -2.05. The number of ether oxygens (including phenoxy) is 1. The van der Waals surface area contributed by atoms with Crippen LogP contribution < -0.4 is 4.74 Å². The summed E-state index contributed by atoms with van der Waals surface area (Å²) in [6.07, 6.45) is 0. The van der Waals surface area contributed by atoms with Crippen LogP contribution in [0.2, 0.25) is 0 Å². The fraction of sp³-hybridized carbons (Fsp3) is 0.0833. The predicted molar refractivity (Wildman–Crippen MR) is 55.0 cm³/mol. The van der Waals surface area contributed by atoms with E-state index in [0.717, 1.165) is 11.3 Å². The molecule has 0 aliphatic heterocycles. The second-order valence-electron chi connectivity index (χ2n) is 3.01. The van der Waals surface area contributed by atoms with Gasteiger partial charge in [0.15, 0.2) is 0 Å². The molecule has 0 fully saturated rings. The smallest absolute Gasteiger partial charge is 0.119 e. The van der Waals surface area contributed by atoms with Crippen LogP contribution in [0.3, 0.4) is 0 Å². The summed E-state index contributed by atoms with van der Waals surface area (Å²) in [6.45, 7) is 3.98. The molecule has 0 amide bonds. The Morgan fingerprint density at radius 1 is 1.15 bits per heavy atom. The van der Waals surface area contributed by atoms with E-state index < -0.39 is 0 Å². The third-order valence-corrected chi connectivity index (χ3v) is 2.16. The van der Waals surface area contributed by atoms with E-state index in [9.17, 15) is 0 Å². The van der Waals surface area contributed by atoms with Crippen LogP contribution in [0.5, 0.6) is 5.75 Å². The molecule has 0 unspecified atom stereocenters. The fourth-order valence-corrected chi connectivity index (χ4v) is 1.48. The lowest BCUT2D eigenvalue weighted by atomic mass is 10.1. The highest BCUT2D eigenvalue weighted by molar-refractivity contribution is 5.87. The summed E-state index contributed by atoms with van der Waals surface area (Å²) in [5, 5.41) is 2.36. The molecule has 0 saturated heterocycles. The third-order valence-electron chi connectivity index (χ3n) is 2.16. The number of methoxy groups -OCH3 is 1. The molecule has 2 aromatic carbocycles. The van der Waals surface area contributed by atoms with E-state index in [-0.39, 0.29) is 0 Å². The Morgan fingerprint density at radius 3 is 2.69 bits per heavy atom. The second-order valence-corrected chi connectivity index (χ2v) is 3.01. The molecule has 2 aromatic rings. The summed E-state index contributed by atoms with van der Waals surface area (Å²) in [5.74, 6) is 0.865. The lowest BCUT2D eigenvalue weighted by Crippen LogP contribution is -1.85. The molecule has 1 nitrogen and oxygen atoms in total. The van der Waals surface area contributed by atoms with Gasteiger partial charge in [-0.25, -0.2) is 0 Å². The van der Waals surface area contributed by atoms with Crippen molar-refractivity contribution in [2.24, 2.45) is 0 Å². The van der Waals surface area contributed by atoms with E-state index >= 15 is 0 Å². The molecule has 0 aromatic heterocycles. The second kappa shape index (κ2) is 3.09.